The number of hydrogen-bond acceptors (Lipinski definition) is 1. The molecule has 3 rings (SSSR count). The first-order valence-electron chi connectivity index (χ1n) is 5.33. The number of benzene rings is 2. The molecule has 1 heteroatoms. The van der Waals surface area contributed by atoms with E-state index in [9.17, 15) is 0 Å². The van der Waals surface area contributed by atoms with Crippen LogP contribution in [-0.4, -0.2) is 6.21 Å². The maximum Gasteiger partial charge on any atom is 0.0346 e. The third-order valence-electron chi connectivity index (χ3n) is 2.77. The molecule has 1 aliphatic rings. The number of hydrogen-bond donors (Lipinski definition) is 0. The van der Waals surface area contributed by atoms with Crippen LogP contribution in [0.15, 0.2) is 59.7 Å². The molecular weight excluding hydrogens is 194 g/mol. The quantitative estimate of drug-likeness (QED) is 0.621. The smallest absolute Gasteiger partial charge is 0.0346 e. The molecule has 1 nitrogen and oxygen atoms in total. The average molecular weight is 205 g/mol. The highest BCUT2D eigenvalue weighted by Gasteiger charge is 2.06. The van der Waals surface area contributed by atoms with Crippen LogP contribution in [0.5, 0.6) is 0 Å². The van der Waals surface area contributed by atoms with Crippen molar-refractivity contribution in [2.24, 2.45) is 4.99 Å². The summed E-state index contributed by atoms with van der Waals surface area (Å²) in [5, 5.41) is 0. The SMILES string of the molecule is C1=Cc2ccccc2-c2ccccc2C=N1. The van der Waals surface area contributed by atoms with Crippen molar-refractivity contribution < 1.29 is 0 Å². The maximum atomic E-state index is 4.27. The van der Waals surface area contributed by atoms with Gasteiger partial charge in [-0.1, -0.05) is 48.5 Å². The van der Waals surface area contributed by atoms with Gasteiger partial charge in [0, 0.05) is 18.0 Å². The molecule has 0 radical (unpaired) electrons. The number of aliphatic imine (C=N–C) groups is 1. The minimum atomic E-state index is 1.17. The van der Waals surface area contributed by atoms with Crippen LogP contribution in [0.4, 0.5) is 0 Å². The minimum absolute atomic E-state index is 1.17. The van der Waals surface area contributed by atoms with E-state index >= 15 is 0 Å². The molecular formula is C15H11N. The fourth-order valence-electron chi connectivity index (χ4n) is 1.99. The molecule has 0 spiro atoms. The minimum Gasteiger partial charge on any atom is -0.264 e. The summed E-state index contributed by atoms with van der Waals surface area (Å²) in [6.45, 7) is 0. The highest BCUT2D eigenvalue weighted by molar-refractivity contribution is 5.93. The Labute approximate surface area is 94.8 Å². The van der Waals surface area contributed by atoms with Gasteiger partial charge in [-0.3, -0.25) is 4.99 Å². The van der Waals surface area contributed by atoms with Gasteiger partial charge in [0.2, 0.25) is 0 Å². The average Bonchev–Trinajstić information content (AvgIpc) is 2.33. The molecule has 0 saturated heterocycles. The molecule has 0 aliphatic carbocycles. The Balaban J connectivity index is 2.34. The lowest BCUT2D eigenvalue weighted by molar-refractivity contribution is 1.52. The molecule has 0 amide bonds. The normalized spacial score (nSPS) is 12.5. The first-order valence-corrected chi connectivity index (χ1v) is 5.33. The largest absolute Gasteiger partial charge is 0.264 e. The first-order chi connectivity index (χ1) is 7.95. The van der Waals surface area contributed by atoms with Gasteiger partial charge < -0.3 is 0 Å². The van der Waals surface area contributed by atoms with Gasteiger partial charge in [-0.05, 0) is 22.8 Å². The van der Waals surface area contributed by atoms with Crippen LogP contribution >= 0.6 is 0 Å². The number of nitrogens with zero attached hydrogens (tertiary/aromatic N) is 1. The van der Waals surface area contributed by atoms with E-state index < -0.39 is 0 Å². The van der Waals surface area contributed by atoms with Crippen molar-refractivity contribution in [1.82, 2.24) is 0 Å². The lowest BCUT2D eigenvalue weighted by Crippen LogP contribution is -1.91. The second-order valence-corrected chi connectivity index (χ2v) is 3.77. The third-order valence-corrected chi connectivity index (χ3v) is 2.77. The third kappa shape index (κ3) is 1.47. The van der Waals surface area contributed by atoms with Crippen LogP contribution in [0.2, 0.25) is 0 Å². The van der Waals surface area contributed by atoms with Crippen LogP contribution in [0.1, 0.15) is 11.1 Å². The second kappa shape index (κ2) is 3.78. The Morgan fingerprint density at radius 3 is 2.12 bits per heavy atom. The van der Waals surface area contributed by atoms with E-state index in [2.05, 4.69) is 47.5 Å². The summed E-state index contributed by atoms with van der Waals surface area (Å²) in [5.74, 6) is 0. The Bertz CT molecular complexity index is 526. The highest BCUT2D eigenvalue weighted by atomic mass is 14.7. The van der Waals surface area contributed by atoms with E-state index in [1.54, 1.807) is 0 Å². The molecule has 1 aliphatic heterocycles. The van der Waals surface area contributed by atoms with Gasteiger partial charge in [-0.2, -0.15) is 0 Å². The van der Waals surface area contributed by atoms with Gasteiger partial charge in [-0.15, -0.1) is 0 Å². The predicted octanol–water partition coefficient (Wildman–Crippen LogP) is 3.76. The highest BCUT2D eigenvalue weighted by Crippen LogP contribution is 2.28. The number of rotatable bonds is 0. The molecule has 0 atom stereocenters. The topological polar surface area (TPSA) is 12.4 Å². The molecule has 0 N–H and O–H groups in total. The summed E-state index contributed by atoms with van der Waals surface area (Å²) in [7, 11) is 0. The van der Waals surface area contributed by atoms with Crippen molar-refractivity contribution in [2.75, 3.05) is 0 Å². The van der Waals surface area contributed by atoms with Crippen LogP contribution in [-0.2, 0) is 0 Å². The summed E-state index contributed by atoms with van der Waals surface area (Å²) in [6.07, 6.45) is 5.79. The standard InChI is InChI=1S/C15H11N/c1-3-7-14-12(5-1)9-10-16-11-13-6-2-4-8-15(13)14/h1-11H. The maximum absolute atomic E-state index is 4.27. The van der Waals surface area contributed by atoms with Crippen molar-refractivity contribution >= 4 is 12.3 Å². The molecule has 2 aromatic rings. The zero-order chi connectivity index (χ0) is 10.8. The van der Waals surface area contributed by atoms with Gasteiger partial charge in [0.25, 0.3) is 0 Å². The van der Waals surface area contributed by atoms with Crippen molar-refractivity contribution in [3.63, 3.8) is 0 Å². The second-order valence-electron chi connectivity index (χ2n) is 3.77. The fraction of sp³-hybridized carbons (Fsp3) is 0. The summed E-state index contributed by atoms with van der Waals surface area (Å²) in [5.41, 5.74) is 4.89. The number of fused-ring (bicyclic) bond motifs is 3. The van der Waals surface area contributed by atoms with Gasteiger partial charge >= 0.3 is 0 Å². The Morgan fingerprint density at radius 2 is 1.31 bits per heavy atom. The monoisotopic (exact) mass is 205 g/mol. The molecule has 2 aromatic carbocycles. The van der Waals surface area contributed by atoms with Gasteiger partial charge in [0.05, 0.1) is 0 Å². The summed E-state index contributed by atoms with van der Waals surface area (Å²) < 4.78 is 0. The van der Waals surface area contributed by atoms with Crippen LogP contribution in [0.3, 0.4) is 0 Å². The molecule has 0 saturated carbocycles. The molecule has 16 heavy (non-hydrogen) atoms. The summed E-state index contributed by atoms with van der Waals surface area (Å²) >= 11 is 0. The van der Waals surface area contributed by atoms with E-state index in [-0.39, 0.29) is 0 Å². The van der Waals surface area contributed by atoms with E-state index in [4.69, 9.17) is 0 Å². The van der Waals surface area contributed by atoms with E-state index in [1.165, 1.54) is 22.3 Å². The van der Waals surface area contributed by atoms with E-state index in [0.29, 0.717) is 0 Å². The van der Waals surface area contributed by atoms with Crippen molar-refractivity contribution in [3.8, 4) is 11.1 Å². The lowest BCUT2D eigenvalue weighted by Gasteiger charge is -2.10. The lowest BCUT2D eigenvalue weighted by atomic mass is 9.95. The first kappa shape index (κ1) is 9.10. The Kier molecular flexibility index (Phi) is 2.15. The van der Waals surface area contributed by atoms with Crippen molar-refractivity contribution in [3.05, 3.63) is 65.9 Å². The van der Waals surface area contributed by atoms with Crippen LogP contribution in [0.25, 0.3) is 17.2 Å². The zero-order valence-corrected chi connectivity index (χ0v) is 8.80. The van der Waals surface area contributed by atoms with Gasteiger partial charge in [0.1, 0.15) is 0 Å². The van der Waals surface area contributed by atoms with E-state index in [1.807, 2.05) is 24.6 Å². The molecule has 0 fully saturated rings. The van der Waals surface area contributed by atoms with Crippen LogP contribution in [0, 0.1) is 0 Å². The van der Waals surface area contributed by atoms with Crippen LogP contribution < -0.4 is 0 Å². The fourth-order valence-corrected chi connectivity index (χ4v) is 1.99. The zero-order valence-electron chi connectivity index (χ0n) is 8.80. The molecule has 76 valence electrons. The van der Waals surface area contributed by atoms with Crippen molar-refractivity contribution in [1.29, 1.82) is 0 Å². The Hall–Kier alpha value is -2.15. The summed E-state index contributed by atoms with van der Waals surface area (Å²) in [6, 6.07) is 16.7. The summed E-state index contributed by atoms with van der Waals surface area (Å²) in [4.78, 5) is 4.27. The van der Waals surface area contributed by atoms with E-state index in [0.717, 1.165) is 0 Å². The van der Waals surface area contributed by atoms with Crippen molar-refractivity contribution in [2.45, 2.75) is 0 Å². The molecule has 0 bridgehead atoms. The molecule has 1 heterocycles. The van der Waals surface area contributed by atoms with Gasteiger partial charge in [-0.25, -0.2) is 0 Å². The molecule has 0 unspecified atom stereocenters. The molecule has 0 aromatic heterocycles. The van der Waals surface area contributed by atoms with Gasteiger partial charge in [0.15, 0.2) is 0 Å². The predicted molar refractivity (Wildman–Crippen MR) is 68.5 cm³/mol. The Morgan fingerprint density at radius 1 is 0.688 bits per heavy atom.